The second-order valence-corrected chi connectivity index (χ2v) is 7.25. The molecule has 3 heterocycles. The summed E-state index contributed by atoms with van der Waals surface area (Å²) in [4.78, 5) is 26.6. The van der Waals surface area contributed by atoms with Gasteiger partial charge in [-0.15, -0.1) is 0 Å². The topological polar surface area (TPSA) is 61.4 Å². The summed E-state index contributed by atoms with van der Waals surface area (Å²) in [6.07, 6.45) is 5.38. The van der Waals surface area contributed by atoms with E-state index in [-0.39, 0.29) is 23.8 Å². The smallest absolute Gasteiger partial charge is 0.243 e. The lowest BCUT2D eigenvalue weighted by Gasteiger charge is -2.38. The van der Waals surface area contributed by atoms with Gasteiger partial charge in [0, 0.05) is 31.6 Å². The van der Waals surface area contributed by atoms with E-state index in [2.05, 4.69) is 10.6 Å². The molecule has 21 heavy (non-hydrogen) atoms. The van der Waals surface area contributed by atoms with Gasteiger partial charge >= 0.3 is 0 Å². The van der Waals surface area contributed by atoms with Gasteiger partial charge in [0.2, 0.25) is 11.8 Å². The van der Waals surface area contributed by atoms with E-state index in [4.69, 9.17) is 0 Å². The number of nitrogens with one attached hydrogen (secondary N) is 2. The van der Waals surface area contributed by atoms with Crippen molar-refractivity contribution in [2.45, 2.75) is 64.1 Å². The van der Waals surface area contributed by atoms with Gasteiger partial charge in [0.25, 0.3) is 0 Å². The van der Waals surface area contributed by atoms with Gasteiger partial charge in [-0.1, -0.05) is 13.8 Å². The molecule has 118 valence electrons. The highest BCUT2D eigenvalue weighted by Gasteiger charge is 2.38. The van der Waals surface area contributed by atoms with Crippen LogP contribution in [0, 0.1) is 11.8 Å². The number of amides is 2. The van der Waals surface area contributed by atoms with E-state index in [1.807, 2.05) is 18.7 Å². The molecule has 5 heteroatoms. The molecule has 2 N–H and O–H groups in total. The van der Waals surface area contributed by atoms with Crippen molar-refractivity contribution in [3.8, 4) is 0 Å². The maximum atomic E-state index is 12.7. The molecule has 0 spiro atoms. The number of hydrogen-bond donors (Lipinski definition) is 2. The molecule has 3 atom stereocenters. The zero-order chi connectivity index (χ0) is 15.0. The fourth-order valence-corrected chi connectivity index (χ4v) is 4.33. The first-order chi connectivity index (χ1) is 10.0. The summed E-state index contributed by atoms with van der Waals surface area (Å²) in [5.74, 6) is 0.845. The van der Waals surface area contributed by atoms with Gasteiger partial charge < -0.3 is 15.5 Å². The molecule has 0 aromatic heterocycles. The molecule has 2 bridgehead atoms. The van der Waals surface area contributed by atoms with Crippen LogP contribution in [0.5, 0.6) is 0 Å². The van der Waals surface area contributed by atoms with Gasteiger partial charge in [0.15, 0.2) is 0 Å². The van der Waals surface area contributed by atoms with Gasteiger partial charge in [-0.05, 0) is 37.5 Å². The maximum absolute atomic E-state index is 12.7. The lowest BCUT2D eigenvalue weighted by molar-refractivity contribution is -0.145. The molecule has 0 aromatic carbocycles. The fraction of sp³-hybridized carbons (Fsp3) is 0.875. The molecule has 2 amide bonds. The van der Waals surface area contributed by atoms with Crippen molar-refractivity contribution >= 4 is 11.8 Å². The van der Waals surface area contributed by atoms with Crippen molar-refractivity contribution in [1.29, 1.82) is 0 Å². The highest BCUT2D eigenvalue weighted by Crippen LogP contribution is 2.33. The maximum Gasteiger partial charge on any atom is 0.243 e. The second-order valence-electron chi connectivity index (χ2n) is 7.25. The summed E-state index contributed by atoms with van der Waals surface area (Å²) in [5, 5.41) is 6.50. The molecule has 5 nitrogen and oxygen atoms in total. The highest BCUT2D eigenvalue weighted by molar-refractivity contribution is 5.89. The number of carbonyl (C=O) groups excluding carboxylic acids is 2. The monoisotopic (exact) mass is 293 g/mol. The van der Waals surface area contributed by atoms with Crippen LogP contribution >= 0.6 is 0 Å². The molecule has 0 saturated carbocycles. The Hall–Kier alpha value is -1.10. The largest absolute Gasteiger partial charge is 0.353 e. The van der Waals surface area contributed by atoms with Crippen LogP contribution < -0.4 is 10.6 Å². The van der Waals surface area contributed by atoms with Crippen LogP contribution in [0.4, 0.5) is 0 Å². The summed E-state index contributed by atoms with van der Waals surface area (Å²) >= 11 is 0. The van der Waals surface area contributed by atoms with E-state index in [1.54, 1.807) is 0 Å². The highest BCUT2D eigenvalue weighted by atomic mass is 16.2. The summed E-state index contributed by atoms with van der Waals surface area (Å²) in [6.45, 7) is 5.28. The van der Waals surface area contributed by atoms with Gasteiger partial charge in [-0.25, -0.2) is 0 Å². The predicted molar refractivity (Wildman–Crippen MR) is 80.6 cm³/mol. The lowest BCUT2D eigenvalue weighted by Crippen LogP contribution is -2.59. The Labute approximate surface area is 126 Å². The molecular weight excluding hydrogens is 266 g/mol. The number of piperidine rings is 1. The van der Waals surface area contributed by atoms with Crippen molar-refractivity contribution in [3.05, 3.63) is 0 Å². The third-order valence-corrected chi connectivity index (χ3v) is 5.24. The minimum absolute atomic E-state index is 0.00924. The van der Waals surface area contributed by atoms with E-state index in [1.165, 1.54) is 12.8 Å². The first kappa shape index (κ1) is 14.8. The zero-order valence-corrected chi connectivity index (χ0v) is 13.1. The summed E-state index contributed by atoms with van der Waals surface area (Å²) in [6, 6.07) is 0.948. The SMILES string of the molecule is CC(C)C1C(=O)NCCN1C(=O)CC1CC2CCC(C1)N2. The van der Waals surface area contributed by atoms with Crippen LogP contribution in [0.2, 0.25) is 0 Å². The normalized spacial score (nSPS) is 36.0. The fourth-order valence-electron chi connectivity index (χ4n) is 4.33. The van der Waals surface area contributed by atoms with Gasteiger partial charge in [0.05, 0.1) is 0 Å². The van der Waals surface area contributed by atoms with Gasteiger partial charge in [0.1, 0.15) is 6.04 Å². The Morgan fingerprint density at radius 2 is 1.95 bits per heavy atom. The number of hydrogen-bond acceptors (Lipinski definition) is 3. The van der Waals surface area contributed by atoms with Crippen molar-refractivity contribution in [2.75, 3.05) is 13.1 Å². The second kappa shape index (κ2) is 5.95. The molecule has 0 aromatic rings. The Kier molecular flexibility index (Phi) is 4.20. The van der Waals surface area contributed by atoms with E-state index < -0.39 is 0 Å². The first-order valence-electron chi connectivity index (χ1n) is 8.38. The third-order valence-electron chi connectivity index (χ3n) is 5.24. The quantitative estimate of drug-likeness (QED) is 0.812. The molecule has 3 fully saturated rings. The molecule has 3 aliphatic rings. The van der Waals surface area contributed by atoms with E-state index in [0.717, 1.165) is 12.8 Å². The lowest BCUT2D eigenvalue weighted by atomic mass is 9.88. The van der Waals surface area contributed by atoms with Gasteiger partial charge in [-0.3, -0.25) is 9.59 Å². The van der Waals surface area contributed by atoms with E-state index in [0.29, 0.717) is 37.5 Å². The number of rotatable bonds is 3. The third kappa shape index (κ3) is 3.07. The first-order valence-corrected chi connectivity index (χ1v) is 8.38. The van der Waals surface area contributed by atoms with E-state index >= 15 is 0 Å². The number of fused-ring (bicyclic) bond motifs is 2. The number of carbonyl (C=O) groups is 2. The summed E-state index contributed by atoms with van der Waals surface area (Å²) in [5.41, 5.74) is 0. The summed E-state index contributed by atoms with van der Waals surface area (Å²) < 4.78 is 0. The molecule has 3 aliphatic heterocycles. The standard InChI is InChI=1S/C16H27N3O2/c1-10(2)15-16(21)17-5-6-19(15)14(20)9-11-7-12-3-4-13(8-11)18-12/h10-13,15,18H,3-9H2,1-2H3,(H,17,21). The Morgan fingerprint density at radius 1 is 1.29 bits per heavy atom. The predicted octanol–water partition coefficient (Wildman–Crippen LogP) is 0.890. The molecule has 0 aliphatic carbocycles. The van der Waals surface area contributed by atoms with Crippen LogP contribution in [0.1, 0.15) is 46.0 Å². The van der Waals surface area contributed by atoms with Crippen molar-refractivity contribution in [2.24, 2.45) is 11.8 Å². The average molecular weight is 293 g/mol. The van der Waals surface area contributed by atoms with E-state index in [9.17, 15) is 9.59 Å². The van der Waals surface area contributed by atoms with Crippen LogP contribution in [-0.4, -0.2) is 47.9 Å². The molecule has 3 unspecified atom stereocenters. The van der Waals surface area contributed by atoms with Gasteiger partial charge in [-0.2, -0.15) is 0 Å². The Bertz CT molecular complexity index is 412. The van der Waals surface area contributed by atoms with Crippen LogP contribution in [0.25, 0.3) is 0 Å². The van der Waals surface area contributed by atoms with Crippen LogP contribution in [0.3, 0.4) is 0 Å². The minimum Gasteiger partial charge on any atom is -0.353 e. The van der Waals surface area contributed by atoms with Crippen molar-refractivity contribution < 1.29 is 9.59 Å². The Morgan fingerprint density at radius 3 is 2.57 bits per heavy atom. The van der Waals surface area contributed by atoms with Crippen molar-refractivity contribution in [3.63, 3.8) is 0 Å². The number of piperazine rings is 1. The van der Waals surface area contributed by atoms with Crippen LogP contribution in [0.15, 0.2) is 0 Å². The Balaban J connectivity index is 1.62. The molecule has 3 rings (SSSR count). The minimum atomic E-state index is -0.287. The number of nitrogens with zero attached hydrogens (tertiary/aromatic N) is 1. The summed E-state index contributed by atoms with van der Waals surface area (Å²) in [7, 11) is 0. The van der Waals surface area contributed by atoms with Crippen molar-refractivity contribution in [1.82, 2.24) is 15.5 Å². The zero-order valence-electron chi connectivity index (χ0n) is 13.1. The van der Waals surface area contributed by atoms with Crippen LogP contribution in [-0.2, 0) is 9.59 Å². The molecular formula is C16H27N3O2. The molecule has 0 radical (unpaired) electrons. The molecule has 3 saturated heterocycles. The average Bonchev–Trinajstić information content (AvgIpc) is 2.77.